The number of para-hydroxylation sites is 2. The minimum absolute atomic E-state index is 0.108. The minimum Gasteiger partial charge on any atom is -0.333 e. The van der Waals surface area contributed by atoms with Gasteiger partial charge in [0.1, 0.15) is 10.1 Å². The van der Waals surface area contributed by atoms with Crippen molar-refractivity contribution in [2.24, 2.45) is 0 Å². The molecule has 0 aliphatic carbocycles. The number of benzene rings is 1. The Morgan fingerprint density at radius 1 is 1.04 bits per heavy atom. The van der Waals surface area contributed by atoms with E-state index in [9.17, 15) is 13.2 Å². The summed E-state index contributed by atoms with van der Waals surface area (Å²) in [5, 5.41) is 0.665. The van der Waals surface area contributed by atoms with E-state index >= 15 is 0 Å². The van der Waals surface area contributed by atoms with Crippen LogP contribution in [-0.4, -0.2) is 30.3 Å². The van der Waals surface area contributed by atoms with Crippen molar-refractivity contribution in [1.29, 1.82) is 0 Å². The fourth-order valence-corrected chi connectivity index (χ4v) is 3.75. The molecule has 0 saturated carbocycles. The highest BCUT2D eigenvalue weighted by Crippen LogP contribution is 2.32. The zero-order chi connectivity index (χ0) is 18.3. The summed E-state index contributed by atoms with van der Waals surface area (Å²) >= 11 is 4.55. The number of thioether (sulfide) groups is 1. The van der Waals surface area contributed by atoms with Gasteiger partial charge in [-0.1, -0.05) is 23.9 Å². The van der Waals surface area contributed by atoms with Crippen LogP contribution in [0.25, 0.3) is 22.2 Å². The van der Waals surface area contributed by atoms with Crippen LogP contribution >= 0.6 is 27.7 Å². The number of hydrogen-bond donors (Lipinski definition) is 1. The van der Waals surface area contributed by atoms with Crippen molar-refractivity contribution >= 4 is 49.9 Å². The Hall–Kier alpha value is -2.07. The molecule has 3 aromatic heterocycles. The quantitative estimate of drug-likeness (QED) is 0.362. The second-order valence-electron chi connectivity index (χ2n) is 5.47. The number of aryl methyl sites for hydroxylation is 1. The second kappa shape index (κ2) is 6.58. The van der Waals surface area contributed by atoms with Crippen molar-refractivity contribution in [3.8, 4) is 0 Å². The molecule has 3 heterocycles. The number of aromatic nitrogens is 5. The first-order valence-electron chi connectivity index (χ1n) is 7.59. The molecule has 0 aliphatic rings. The average Bonchev–Trinajstić information content (AvgIpc) is 3.15. The fourth-order valence-electron chi connectivity index (χ4n) is 2.64. The number of halogens is 4. The summed E-state index contributed by atoms with van der Waals surface area (Å²) in [6, 6.07) is 10.6. The van der Waals surface area contributed by atoms with Gasteiger partial charge in [-0.05, 0) is 40.2 Å². The van der Waals surface area contributed by atoms with Crippen LogP contribution in [0.1, 0.15) is 5.82 Å². The van der Waals surface area contributed by atoms with Crippen molar-refractivity contribution in [1.82, 2.24) is 24.5 Å². The molecule has 0 spiro atoms. The highest BCUT2D eigenvalue weighted by Gasteiger charge is 2.37. The molecular formula is C16H11BrF3N5S. The predicted molar refractivity (Wildman–Crippen MR) is 97.0 cm³/mol. The van der Waals surface area contributed by atoms with Crippen molar-refractivity contribution in [3.63, 3.8) is 0 Å². The maximum atomic E-state index is 13.3. The zero-order valence-corrected chi connectivity index (χ0v) is 15.5. The average molecular weight is 442 g/mol. The predicted octanol–water partition coefficient (Wildman–Crippen LogP) is 4.88. The van der Waals surface area contributed by atoms with Gasteiger partial charge in [0.05, 0.1) is 11.0 Å². The van der Waals surface area contributed by atoms with Gasteiger partial charge in [0, 0.05) is 12.3 Å². The Morgan fingerprint density at radius 2 is 1.85 bits per heavy atom. The van der Waals surface area contributed by atoms with E-state index in [1.165, 1.54) is 17.8 Å². The van der Waals surface area contributed by atoms with Gasteiger partial charge in [0.15, 0.2) is 10.8 Å². The van der Waals surface area contributed by atoms with Crippen LogP contribution in [0.3, 0.4) is 0 Å². The zero-order valence-electron chi connectivity index (χ0n) is 13.1. The monoisotopic (exact) mass is 441 g/mol. The van der Waals surface area contributed by atoms with Gasteiger partial charge in [0.2, 0.25) is 5.82 Å². The molecule has 1 N–H and O–H groups in total. The molecule has 1 aromatic carbocycles. The van der Waals surface area contributed by atoms with Gasteiger partial charge in [-0.15, -0.1) is 0 Å². The summed E-state index contributed by atoms with van der Waals surface area (Å²) in [5.41, 5.74) is 2.14. The molecule has 5 nitrogen and oxygen atoms in total. The van der Waals surface area contributed by atoms with Gasteiger partial charge in [-0.2, -0.15) is 13.2 Å². The van der Waals surface area contributed by atoms with E-state index in [0.717, 1.165) is 15.6 Å². The van der Waals surface area contributed by atoms with Crippen molar-refractivity contribution in [2.75, 3.05) is 5.75 Å². The Kier molecular flexibility index (Phi) is 4.39. The first-order chi connectivity index (χ1) is 12.4. The second-order valence-corrected chi connectivity index (χ2v) is 7.37. The van der Waals surface area contributed by atoms with Gasteiger partial charge in [-0.3, -0.25) is 0 Å². The van der Waals surface area contributed by atoms with Crippen molar-refractivity contribution in [3.05, 3.63) is 46.8 Å². The number of pyridine rings is 1. The summed E-state index contributed by atoms with van der Waals surface area (Å²) in [5.74, 6) is -0.550. The number of nitrogens with one attached hydrogen (secondary N) is 1. The van der Waals surface area contributed by atoms with Gasteiger partial charge >= 0.3 is 6.18 Å². The first-order valence-corrected chi connectivity index (χ1v) is 9.37. The molecule has 0 saturated heterocycles. The molecule has 4 aromatic rings. The van der Waals surface area contributed by atoms with Gasteiger partial charge in [-0.25, -0.2) is 15.0 Å². The molecule has 0 bridgehead atoms. The number of hydrogen-bond acceptors (Lipinski definition) is 4. The lowest BCUT2D eigenvalue weighted by molar-refractivity contribution is -0.146. The van der Waals surface area contributed by atoms with E-state index in [0.29, 0.717) is 15.5 Å². The Labute approximate surface area is 158 Å². The molecule has 134 valence electrons. The minimum atomic E-state index is -4.54. The van der Waals surface area contributed by atoms with Gasteiger partial charge < -0.3 is 9.55 Å². The summed E-state index contributed by atoms with van der Waals surface area (Å²) < 4.78 is 41.6. The van der Waals surface area contributed by atoms with Gasteiger partial charge in [0.25, 0.3) is 0 Å². The Balaban J connectivity index is 1.60. The molecule has 0 amide bonds. The smallest absolute Gasteiger partial charge is 0.333 e. The van der Waals surface area contributed by atoms with Crippen LogP contribution in [-0.2, 0) is 12.7 Å². The van der Waals surface area contributed by atoms with Crippen LogP contribution in [0, 0.1) is 0 Å². The molecule has 0 fully saturated rings. The summed E-state index contributed by atoms with van der Waals surface area (Å²) in [7, 11) is 0. The number of aromatic amines is 1. The fraction of sp³-hybridized carbons (Fsp3) is 0.188. The van der Waals surface area contributed by atoms with Crippen LogP contribution in [0.2, 0.25) is 0 Å². The summed E-state index contributed by atoms with van der Waals surface area (Å²) in [6.07, 6.45) is -4.54. The molecule has 0 unspecified atom stereocenters. The van der Waals surface area contributed by atoms with Crippen molar-refractivity contribution < 1.29 is 13.2 Å². The SMILES string of the molecule is FC(F)(F)c1nc2ccc(Br)nc2n1CCSc1nc2ccccc2[nH]1. The molecule has 0 aliphatic heterocycles. The van der Waals surface area contributed by atoms with Crippen LogP contribution < -0.4 is 0 Å². The maximum Gasteiger partial charge on any atom is 0.449 e. The number of nitrogens with zero attached hydrogens (tertiary/aromatic N) is 4. The van der Waals surface area contributed by atoms with E-state index in [2.05, 4.69) is 35.9 Å². The number of imidazole rings is 2. The van der Waals surface area contributed by atoms with E-state index in [-0.39, 0.29) is 17.7 Å². The van der Waals surface area contributed by atoms with Crippen LogP contribution in [0.15, 0.2) is 46.2 Å². The molecule has 0 atom stereocenters. The molecular weight excluding hydrogens is 431 g/mol. The van der Waals surface area contributed by atoms with Crippen LogP contribution in [0.4, 0.5) is 13.2 Å². The molecule has 26 heavy (non-hydrogen) atoms. The maximum absolute atomic E-state index is 13.3. The highest BCUT2D eigenvalue weighted by molar-refractivity contribution is 9.10. The first kappa shape index (κ1) is 17.3. The molecule has 10 heteroatoms. The van der Waals surface area contributed by atoms with Crippen LogP contribution in [0.5, 0.6) is 0 Å². The Morgan fingerprint density at radius 3 is 2.62 bits per heavy atom. The molecule has 4 rings (SSSR count). The standard InChI is InChI=1S/C16H11BrF3N5S/c17-12-6-5-11-13(24-12)25(14(21-11)16(18,19)20)7-8-26-15-22-9-3-1-2-4-10(9)23-15/h1-6H,7-8H2,(H,22,23). The normalized spacial score (nSPS) is 12.3. The lowest BCUT2D eigenvalue weighted by Crippen LogP contribution is -2.16. The number of fused-ring (bicyclic) bond motifs is 2. The lowest BCUT2D eigenvalue weighted by Gasteiger charge is -2.10. The van der Waals surface area contributed by atoms with E-state index in [1.54, 1.807) is 6.07 Å². The lowest BCUT2D eigenvalue weighted by atomic mass is 10.3. The Bertz CT molecular complexity index is 1060. The van der Waals surface area contributed by atoms with Crippen molar-refractivity contribution in [2.45, 2.75) is 17.9 Å². The topological polar surface area (TPSA) is 59.4 Å². The third kappa shape index (κ3) is 3.30. The summed E-state index contributed by atoms with van der Waals surface area (Å²) in [6.45, 7) is 0.108. The largest absolute Gasteiger partial charge is 0.449 e. The number of rotatable bonds is 4. The van der Waals surface area contributed by atoms with E-state index < -0.39 is 12.0 Å². The molecule has 0 radical (unpaired) electrons. The summed E-state index contributed by atoms with van der Waals surface area (Å²) in [4.78, 5) is 15.4. The van der Waals surface area contributed by atoms with E-state index in [4.69, 9.17) is 0 Å². The highest BCUT2D eigenvalue weighted by atomic mass is 79.9. The number of H-pyrrole nitrogens is 1. The number of alkyl halides is 3. The van der Waals surface area contributed by atoms with E-state index in [1.807, 2.05) is 24.3 Å². The third-order valence-electron chi connectivity index (χ3n) is 3.73. The third-order valence-corrected chi connectivity index (χ3v) is 5.03.